The lowest BCUT2D eigenvalue weighted by molar-refractivity contribution is 0.468. The molecule has 1 N–H and O–H groups in total. The molecule has 1 aromatic carbocycles. The van der Waals surface area contributed by atoms with Gasteiger partial charge in [-0.25, -0.2) is 0 Å². The summed E-state index contributed by atoms with van der Waals surface area (Å²) < 4.78 is 0. The number of nitrogens with one attached hydrogen (secondary N) is 1. The number of hydrogen-bond donors (Lipinski definition) is 1. The second-order valence-electron chi connectivity index (χ2n) is 4.96. The summed E-state index contributed by atoms with van der Waals surface area (Å²) in [6.07, 6.45) is 1.20. The first-order chi connectivity index (χ1) is 9.38. The Kier molecular flexibility index (Phi) is 3.85. The maximum atomic E-state index is 3.49. The number of piperazine rings is 1. The molecule has 1 aromatic heterocycles. The molecule has 3 rings (SSSR count). The summed E-state index contributed by atoms with van der Waals surface area (Å²) >= 11 is 1.91. The molecule has 0 spiro atoms. The Balaban J connectivity index is 1.84. The average Bonchev–Trinajstić information content (AvgIpc) is 2.98. The van der Waals surface area contributed by atoms with Gasteiger partial charge in [0.15, 0.2) is 0 Å². The Hall–Kier alpha value is -1.32. The van der Waals surface area contributed by atoms with Crippen LogP contribution in [0.25, 0.3) is 10.4 Å². The monoisotopic (exact) mass is 272 g/mol. The van der Waals surface area contributed by atoms with E-state index in [0.29, 0.717) is 6.04 Å². The minimum atomic E-state index is 0.635. The predicted molar refractivity (Wildman–Crippen MR) is 84.0 cm³/mol. The fourth-order valence-electron chi connectivity index (χ4n) is 2.66. The van der Waals surface area contributed by atoms with E-state index < -0.39 is 0 Å². The van der Waals surface area contributed by atoms with Crippen molar-refractivity contribution in [1.29, 1.82) is 0 Å². The van der Waals surface area contributed by atoms with Crippen LogP contribution >= 0.6 is 11.3 Å². The number of hydrogen-bond acceptors (Lipinski definition) is 3. The molecule has 2 aromatic rings. The minimum Gasteiger partial charge on any atom is -0.358 e. The van der Waals surface area contributed by atoms with Gasteiger partial charge in [0.25, 0.3) is 0 Å². The second kappa shape index (κ2) is 5.76. The van der Waals surface area contributed by atoms with Crippen LogP contribution in [0.1, 0.15) is 13.3 Å². The minimum absolute atomic E-state index is 0.635. The normalized spacial score (nSPS) is 19.6. The van der Waals surface area contributed by atoms with Gasteiger partial charge in [0.05, 0.1) is 5.00 Å². The summed E-state index contributed by atoms with van der Waals surface area (Å²) in [4.78, 5) is 3.93. The van der Waals surface area contributed by atoms with Crippen molar-refractivity contribution in [3.63, 3.8) is 0 Å². The molecule has 0 amide bonds. The summed E-state index contributed by atoms with van der Waals surface area (Å²) in [6, 6.07) is 15.8. The Morgan fingerprint density at radius 3 is 2.84 bits per heavy atom. The maximum Gasteiger partial charge on any atom is 0.0918 e. The van der Waals surface area contributed by atoms with Crippen LogP contribution in [-0.2, 0) is 0 Å². The third-order valence-electron chi connectivity index (χ3n) is 3.75. The first-order valence-corrected chi connectivity index (χ1v) is 7.82. The molecular weight excluding hydrogens is 252 g/mol. The highest BCUT2D eigenvalue weighted by Crippen LogP contribution is 2.35. The number of thiophene rings is 1. The van der Waals surface area contributed by atoms with Crippen molar-refractivity contribution < 1.29 is 0 Å². The fraction of sp³-hybridized carbons (Fsp3) is 0.375. The average molecular weight is 272 g/mol. The lowest BCUT2D eigenvalue weighted by Crippen LogP contribution is -2.50. The molecule has 100 valence electrons. The Labute approximate surface area is 119 Å². The molecule has 0 aliphatic carbocycles. The third kappa shape index (κ3) is 2.67. The largest absolute Gasteiger partial charge is 0.358 e. The van der Waals surface area contributed by atoms with Crippen LogP contribution in [0.3, 0.4) is 0 Å². The van der Waals surface area contributed by atoms with Gasteiger partial charge in [-0.1, -0.05) is 37.3 Å². The van der Waals surface area contributed by atoms with E-state index in [9.17, 15) is 0 Å². The smallest absolute Gasteiger partial charge is 0.0918 e. The first-order valence-electron chi connectivity index (χ1n) is 7.01. The van der Waals surface area contributed by atoms with Gasteiger partial charge in [-0.3, -0.25) is 0 Å². The lowest BCUT2D eigenvalue weighted by atomic mass is 10.1. The van der Waals surface area contributed by atoms with Gasteiger partial charge < -0.3 is 10.2 Å². The zero-order valence-electron chi connectivity index (χ0n) is 11.3. The summed E-state index contributed by atoms with van der Waals surface area (Å²) in [6.45, 7) is 5.59. The Bertz CT molecular complexity index is 521. The summed E-state index contributed by atoms with van der Waals surface area (Å²) in [5.41, 5.74) is 1.32. The number of anilines is 1. The topological polar surface area (TPSA) is 15.3 Å². The van der Waals surface area contributed by atoms with Crippen molar-refractivity contribution >= 4 is 16.3 Å². The summed E-state index contributed by atoms with van der Waals surface area (Å²) in [5, 5.41) is 4.90. The first kappa shape index (κ1) is 12.7. The molecule has 0 bridgehead atoms. The summed E-state index contributed by atoms with van der Waals surface area (Å²) in [7, 11) is 0. The molecule has 1 atom stereocenters. The highest BCUT2D eigenvalue weighted by Gasteiger charge is 2.22. The van der Waals surface area contributed by atoms with Crippen LogP contribution in [0.5, 0.6) is 0 Å². The van der Waals surface area contributed by atoms with Gasteiger partial charge in [-0.2, -0.15) is 0 Å². The highest BCUT2D eigenvalue weighted by molar-refractivity contribution is 7.19. The molecule has 3 heteroatoms. The number of nitrogens with zero attached hydrogens (tertiary/aromatic N) is 1. The van der Waals surface area contributed by atoms with Gasteiger partial charge >= 0.3 is 0 Å². The van der Waals surface area contributed by atoms with E-state index in [1.54, 1.807) is 0 Å². The predicted octanol–water partition coefficient (Wildman–Crippen LogP) is 3.60. The van der Waals surface area contributed by atoms with Crippen LogP contribution in [0.4, 0.5) is 5.00 Å². The van der Waals surface area contributed by atoms with Crippen molar-refractivity contribution in [2.24, 2.45) is 0 Å². The highest BCUT2D eigenvalue weighted by atomic mass is 32.1. The van der Waals surface area contributed by atoms with Crippen molar-refractivity contribution in [1.82, 2.24) is 5.32 Å². The van der Waals surface area contributed by atoms with Crippen LogP contribution in [-0.4, -0.2) is 25.7 Å². The van der Waals surface area contributed by atoms with Gasteiger partial charge in [0, 0.05) is 30.6 Å². The molecule has 0 radical (unpaired) electrons. The zero-order chi connectivity index (χ0) is 13.1. The van der Waals surface area contributed by atoms with Crippen molar-refractivity contribution in [3.05, 3.63) is 42.5 Å². The second-order valence-corrected chi connectivity index (χ2v) is 6.03. The van der Waals surface area contributed by atoms with Crippen molar-refractivity contribution in [2.45, 2.75) is 19.4 Å². The standard InChI is InChI=1S/C16H20N2S/c1-2-14-12-17-10-11-18(14)16-9-8-15(19-16)13-6-4-3-5-7-13/h3-9,14,17H,2,10-12H2,1H3. The van der Waals surface area contributed by atoms with Gasteiger partial charge in [-0.15, -0.1) is 11.3 Å². The SMILES string of the molecule is CCC1CNCCN1c1ccc(-c2ccccc2)s1. The lowest BCUT2D eigenvalue weighted by Gasteiger charge is -2.36. The zero-order valence-corrected chi connectivity index (χ0v) is 12.1. The van der Waals surface area contributed by atoms with E-state index in [2.05, 4.69) is 59.6 Å². The Morgan fingerprint density at radius 1 is 1.21 bits per heavy atom. The molecular formula is C16H20N2S. The molecule has 1 saturated heterocycles. The van der Waals surface area contributed by atoms with Crippen molar-refractivity contribution in [2.75, 3.05) is 24.5 Å². The van der Waals surface area contributed by atoms with E-state index >= 15 is 0 Å². The van der Waals surface area contributed by atoms with Gasteiger partial charge in [0.1, 0.15) is 0 Å². The maximum absolute atomic E-state index is 3.49. The van der Waals surface area contributed by atoms with Gasteiger partial charge in [0.2, 0.25) is 0 Å². The van der Waals surface area contributed by atoms with E-state index in [-0.39, 0.29) is 0 Å². The summed E-state index contributed by atoms with van der Waals surface area (Å²) in [5.74, 6) is 0. The Morgan fingerprint density at radius 2 is 2.05 bits per heavy atom. The molecule has 2 heterocycles. The quantitative estimate of drug-likeness (QED) is 0.918. The van der Waals surface area contributed by atoms with Crippen LogP contribution in [0.15, 0.2) is 42.5 Å². The molecule has 2 nitrogen and oxygen atoms in total. The number of benzene rings is 1. The third-order valence-corrected chi connectivity index (χ3v) is 4.93. The van der Waals surface area contributed by atoms with E-state index in [0.717, 1.165) is 19.6 Å². The van der Waals surface area contributed by atoms with Crippen LogP contribution in [0, 0.1) is 0 Å². The molecule has 1 fully saturated rings. The number of rotatable bonds is 3. The van der Waals surface area contributed by atoms with E-state index in [1.807, 2.05) is 11.3 Å². The molecule has 19 heavy (non-hydrogen) atoms. The van der Waals surface area contributed by atoms with Crippen LogP contribution in [0.2, 0.25) is 0 Å². The molecule has 1 aliphatic heterocycles. The van der Waals surface area contributed by atoms with E-state index in [1.165, 1.54) is 21.9 Å². The van der Waals surface area contributed by atoms with Crippen LogP contribution < -0.4 is 10.2 Å². The van der Waals surface area contributed by atoms with Crippen molar-refractivity contribution in [3.8, 4) is 10.4 Å². The molecule has 0 saturated carbocycles. The van der Waals surface area contributed by atoms with Gasteiger partial charge in [-0.05, 0) is 24.1 Å². The molecule has 1 aliphatic rings. The van der Waals surface area contributed by atoms with E-state index in [4.69, 9.17) is 0 Å². The molecule has 1 unspecified atom stereocenters. The fourth-order valence-corrected chi connectivity index (χ4v) is 3.76.